The van der Waals surface area contributed by atoms with Crippen LogP contribution in [0, 0.1) is 17.6 Å². The minimum atomic E-state index is -0.860. The van der Waals surface area contributed by atoms with Crippen molar-refractivity contribution in [2.24, 2.45) is 5.92 Å². The maximum atomic E-state index is 14.2. The van der Waals surface area contributed by atoms with E-state index in [0.29, 0.717) is 29.2 Å². The highest BCUT2D eigenvalue weighted by atomic mass is 19.1. The average Bonchev–Trinajstić information content (AvgIpc) is 3.48. The van der Waals surface area contributed by atoms with Crippen LogP contribution in [0.5, 0.6) is 0 Å². The summed E-state index contributed by atoms with van der Waals surface area (Å²) in [4.78, 5) is 20.4. The van der Waals surface area contributed by atoms with Crippen molar-refractivity contribution in [3.8, 4) is 22.6 Å². The van der Waals surface area contributed by atoms with Crippen molar-refractivity contribution >= 4 is 23.2 Å². The van der Waals surface area contributed by atoms with E-state index in [1.54, 1.807) is 6.07 Å². The van der Waals surface area contributed by atoms with Gasteiger partial charge in [-0.15, -0.1) is 5.10 Å². The van der Waals surface area contributed by atoms with Crippen molar-refractivity contribution in [1.82, 2.24) is 25.6 Å². The van der Waals surface area contributed by atoms with Gasteiger partial charge >= 0.3 is 6.03 Å². The van der Waals surface area contributed by atoms with Crippen LogP contribution in [-0.4, -0.2) is 44.2 Å². The van der Waals surface area contributed by atoms with Crippen LogP contribution < -0.4 is 15.5 Å². The summed E-state index contributed by atoms with van der Waals surface area (Å²) in [6.45, 7) is 5.16. The summed E-state index contributed by atoms with van der Waals surface area (Å²) in [5.74, 6) is 0.0443. The largest absolute Gasteiger partial charge is 0.353 e. The van der Waals surface area contributed by atoms with Gasteiger partial charge in [0.15, 0.2) is 5.82 Å². The van der Waals surface area contributed by atoms with Crippen molar-refractivity contribution in [2.45, 2.75) is 52.0 Å². The molecule has 0 unspecified atom stereocenters. The number of pyridine rings is 1. The van der Waals surface area contributed by atoms with Crippen LogP contribution in [0.25, 0.3) is 22.6 Å². The maximum Gasteiger partial charge on any atom is 0.323 e. The molecule has 0 bridgehead atoms. The van der Waals surface area contributed by atoms with Crippen molar-refractivity contribution < 1.29 is 13.6 Å². The molecule has 2 heterocycles. The second kappa shape index (κ2) is 12.2. The number of H-pyrrole nitrogens is 1. The average molecular weight is 547 g/mol. The molecule has 0 radical (unpaired) electrons. The third-order valence-electron chi connectivity index (χ3n) is 6.92. The van der Waals surface area contributed by atoms with Crippen LogP contribution in [0.1, 0.15) is 46.0 Å². The van der Waals surface area contributed by atoms with Gasteiger partial charge < -0.3 is 15.5 Å². The zero-order valence-corrected chi connectivity index (χ0v) is 22.5. The van der Waals surface area contributed by atoms with Gasteiger partial charge in [-0.05, 0) is 47.4 Å². The van der Waals surface area contributed by atoms with Gasteiger partial charge in [-0.1, -0.05) is 57.4 Å². The van der Waals surface area contributed by atoms with E-state index in [2.05, 4.69) is 50.0 Å². The Morgan fingerprint density at radius 2 is 1.80 bits per heavy atom. The fourth-order valence-electron chi connectivity index (χ4n) is 5.15. The second-order valence-corrected chi connectivity index (χ2v) is 10.4. The first-order valence-electron chi connectivity index (χ1n) is 13.5. The Labute approximate surface area is 231 Å². The number of rotatable bonds is 8. The molecule has 2 amide bonds. The quantitative estimate of drug-likeness (QED) is 0.228. The third kappa shape index (κ3) is 6.41. The van der Waals surface area contributed by atoms with Gasteiger partial charge in [-0.3, -0.25) is 0 Å². The summed E-state index contributed by atoms with van der Waals surface area (Å²) in [6.07, 6.45) is 5.71. The number of hydrogen-bond acceptors (Lipinski definition) is 6. The standard InChI is InChI=1S/C29H32F2N8O/c1-18(2)17-39(21-8-4-3-5-9-21)27-16-20(32-29(40)34-25-13-12-19(30)14-24(25)31)15-26(33-27)22-10-6-7-11-23(22)28-35-37-38-36-28/h6-7,10-16,18,21H,3-5,8-9,17H2,1-2H3,(H2,32,33,34,40)(H,35,36,37,38). The molecule has 11 heteroatoms. The zero-order chi connectivity index (χ0) is 28.1. The number of anilines is 3. The molecule has 4 aromatic rings. The van der Waals surface area contributed by atoms with Crippen molar-refractivity contribution in [3.63, 3.8) is 0 Å². The topological polar surface area (TPSA) is 112 Å². The van der Waals surface area contributed by atoms with Crippen LogP contribution in [0.3, 0.4) is 0 Å². The van der Waals surface area contributed by atoms with Gasteiger partial charge in [0.25, 0.3) is 0 Å². The predicted octanol–water partition coefficient (Wildman–Crippen LogP) is 6.65. The predicted molar refractivity (Wildman–Crippen MR) is 151 cm³/mol. The Morgan fingerprint density at radius 3 is 2.50 bits per heavy atom. The Hall–Kier alpha value is -4.41. The number of carbonyl (C=O) groups is 1. The monoisotopic (exact) mass is 546 g/mol. The Balaban J connectivity index is 1.55. The molecule has 0 spiro atoms. The Bertz CT molecular complexity index is 1450. The number of nitrogens with zero attached hydrogens (tertiary/aromatic N) is 5. The van der Waals surface area contributed by atoms with E-state index < -0.39 is 17.7 Å². The number of urea groups is 1. The van der Waals surface area contributed by atoms with E-state index >= 15 is 0 Å². The molecule has 5 rings (SSSR count). The van der Waals surface area contributed by atoms with E-state index in [9.17, 15) is 13.6 Å². The van der Waals surface area contributed by atoms with E-state index in [0.717, 1.165) is 61.3 Å². The van der Waals surface area contributed by atoms with Crippen LogP contribution in [0.15, 0.2) is 54.6 Å². The van der Waals surface area contributed by atoms with Crippen molar-refractivity contribution in [3.05, 3.63) is 66.2 Å². The highest BCUT2D eigenvalue weighted by molar-refractivity contribution is 6.00. The van der Waals surface area contributed by atoms with E-state index in [4.69, 9.17) is 4.98 Å². The summed E-state index contributed by atoms with van der Waals surface area (Å²) in [6, 6.07) is 13.9. The minimum absolute atomic E-state index is 0.125. The molecule has 1 saturated carbocycles. The molecule has 208 valence electrons. The van der Waals surface area contributed by atoms with E-state index in [1.807, 2.05) is 30.3 Å². The minimum Gasteiger partial charge on any atom is -0.353 e. The van der Waals surface area contributed by atoms with Gasteiger partial charge in [0.1, 0.15) is 17.5 Å². The number of aromatic amines is 1. The summed E-state index contributed by atoms with van der Waals surface area (Å²) in [5, 5.41) is 19.6. The summed E-state index contributed by atoms with van der Waals surface area (Å²) in [7, 11) is 0. The molecule has 1 aliphatic rings. The van der Waals surface area contributed by atoms with Crippen LogP contribution >= 0.6 is 0 Å². The second-order valence-electron chi connectivity index (χ2n) is 10.4. The normalized spacial score (nSPS) is 13.8. The molecule has 2 aromatic carbocycles. The van der Waals surface area contributed by atoms with Gasteiger partial charge in [0.05, 0.1) is 11.4 Å². The summed E-state index contributed by atoms with van der Waals surface area (Å²) >= 11 is 0. The first-order valence-corrected chi connectivity index (χ1v) is 13.5. The number of amides is 2. The lowest BCUT2D eigenvalue weighted by atomic mass is 9.93. The number of halogens is 2. The fraction of sp³-hybridized carbons (Fsp3) is 0.345. The van der Waals surface area contributed by atoms with Gasteiger partial charge in [-0.25, -0.2) is 23.7 Å². The lowest BCUT2D eigenvalue weighted by Gasteiger charge is -2.37. The number of nitrogens with one attached hydrogen (secondary N) is 3. The van der Waals surface area contributed by atoms with Crippen molar-refractivity contribution in [2.75, 3.05) is 22.1 Å². The highest BCUT2D eigenvalue weighted by Crippen LogP contribution is 2.34. The van der Waals surface area contributed by atoms with Crippen molar-refractivity contribution in [1.29, 1.82) is 0 Å². The molecular formula is C29H32F2N8O. The highest BCUT2D eigenvalue weighted by Gasteiger charge is 2.25. The molecular weight excluding hydrogens is 514 g/mol. The number of benzene rings is 2. The molecule has 0 saturated heterocycles. The number of hydrogen-bond donors (Lipinski definition) is 3. The third-order valence-corrected chi connectivity index (χ3v) is 6.92. The van der Waals surface area contributed by atoms with Gasteiger partial charge in [0.2, 0.25) is 0 Å². The summed E-state index contributed by atoms with van der Waals surface area (Å²) < 4.78 is 27.5. The smallest absolute Gasteiger partial charge is 0.323 e. The Morgan fingerprint density at radius 1 is 1.02 bits per heavy atom. The first-order chi connectivity index (χ1) is 19.4. The van der Waals surface area contributed by atoms with Crippen LogP contribution in [-0.2, 0) is 0 Å². The maximum absolute atomic E-state index is 14.2. The molecule has 2 aromatic heterocycles. The van der Waals surface area contributed by atoms with Gasteiger partial charge in [-0.2, -0.15) is 0 Å². The van der Waals surface area contributed by atoms with E-state index in [-0.39, 0.29) is 5.69 Å². The lowest BCUT2D eigenvalue weighted by Crippen LogP contribution is -2.40. The van der Waals surface area contributed by atoms with Gasteiger partial charge in [0, 0.05) is 41.5 Å². The fourth-order valence-corrected chi connectivity index (χ4v) is 5.15. The number of tetrazole rings is 1. The first kappa shape index (κ1) is 27.2. The number of carbonyl (C=O) groups excluding carboxylic acids is 1. The molecule has 3 N–H and O–H groups in total. The zero-order valence-electron chi connectivity index (χ0n) is 22.5. The van der Waals surface area contributed by atoms with Crippen LogP contribution in [0.4, 0.5) is 30.8 Å². The molecule has 40 heavy (non-hydrogen) atoms. The summed E-state index contributed by atoms with van der Waals surface area (Å²) in [5.41, 5.74) is 2.52. The molecule has 1 aliphatic carbocycles. The molecule has 0 atom stereocenters. The molecule has 9 nitrogen and oxygen atoms in total. The molecule has 0 aliphatic heterocycles. The molecule has 1 fully saturated rings. The number of aromatic nitrogens is 5. The van der Waals surface area contributed by atoms with Crippen LogP contribution in [0.2, 0.25) is 0 Å². The SMILES string of the molecule is CC(C)CN(c1cc(NC(=O)Nc2ccc(F)cc2F)cc(-c2ccccc2-c2nnn[nH]2)n1)C1CCCCC1. The Kier molecular flexibility index (Phi) is 8.28. The van der Waals surface area contributed by atoms with E-state index in [1.165, 1.54) is 12.5 Å². The lowest BCUT2D eigenvalue weighted by molar-refractivity contribution is 0.262.